The molecule has 0 atom stereocenters. The van der Waals surface area contributed by atoms with Crippen LogP contribution >= 0.6 is 12.4 Å². The van der Waals surface area contributed by atoms with Gasteiger partial charge in [0.25, 0.3) is 0 Å². The molecule has 0 saturated heterocycles. The Hall–Kier alpha value is -2.75. The van der Waals surface area contributed by atoms with Crippen molar-refractivity contribution in [2.24, 2.45) is 0 Å². The van der Waals surface area contributed by atoms with Crippen molar-refractivity contribution in [2.45, 2.75) is 139 Å². The third-order valence-corrected chi connectivity index (χ3v) is 8.61. The maximum Gasteiger partial charge on any atom is 0.231 e. The molecule has 0 saturated carbocycles. The summed E-state index contributed by atoms with van der Waals surface area (Å²) in [6, 6.07) is 6.15. The highest BCUT2D eigenvalue weighted by Gasteiger charge is 2.12. The molecular formula is C43H66ClNO2. The number of benzene rings is 1. The normalized spacial score (nSPS) is 14.4. The molecule has 262 valence electrons. The Morgan fingerprint density at radius 3 is 1.34 bits per heavy atom. The van der Waals surface area contributed by atoms with Crippen molar-refractivity contribution in [2.75, 3.05) is 13.3 Å². The van der Waals surface area contributed by atoms with E-state index in [0.717, 1.165) is 63.1 Å². The monoisotopic (exact) mass is 663 g/mol. The Bertz CT molecular complexity index is 1270. The minimum atomic E-state index is 0. The molecule has 1 aromatic carbocycles. The topological polar surface area (TPSA) is 30.5 Å². The second-order valence-electron chi connectivity index (χ2n) is 13.6. The van der Waals surface area contributed by atoms with Gasteiger partial charge in [-0.2, -0.15) is 0 Å². The Morgan fingerprint density at radius 1 is 0.532 bits per heavy atom. The molecule has 0 bridgehead atoms. The molecule has 1 aliphatic rings. The summed E-state index contributed by atoms with van der Waals surface area (Å²) in [5, 5.41) is 3.51. The third kappa shape index (κ3) is 21.0. The molecule has 1 aliphatic heterocycles. The molecule has 0 aliphatic carbocycles. The van der Waals surface area contributed by atoms with Gasteiger partial charge < -0.3 is 14.8 Å². The highest BCUT2D eigenvalue weighted by atomic mass is 35.5. The minimum Gasteiger partial charge on any atom is -0.454 e. The van der Waals surface area contributed by atoms with E-state index in [1.165, 1.54) is 83.1 Å². The first kappa shape index (κ1) is 42.3. The Labute approximate surface area is 295 Å². The van der Waals surface area contributed by atoms with Gasteiger partial charge in [0.05, 0.1) is 0 Å². The van der Waals surface area contributed by atoms with Crippen molar-refractivity contribution in [3.63, 3.8) is 0 Å². The van der Waals surface area contributed by atoms with Gasteiger partial charge in [-0.25, -0.2) is 0 Å². The highest BCUT2D eigenvalue weighted by molar-refractivity contribution is 5.85. The van der Waals surface area contributed by atoms with Crippen molar-refractivity contribution in [3.8, 4) is 11.5 Å². The van der Waals surface area contributed by atoms with Gasteiger partial charge >= 0.3 is 0 Å². The molecule has 4 heteroatoms. The summed E-state index contributed by atoms with van der Waals surface area (Å²) in [6.07, 6.45) is 30.7. The third-order valence-electron chi connectivity index (χ3n) is 8.61. The maximum absolute atomic E-state index is 5.47. The first-order valence-electron chi connectivity index (χ1n) is 17.8. The van der Waals surface area contributed by atoms with Crippen molar-refractivity contribution in [3.05, 3.63) is 105 Å². The number of hydrogen-bond donors (Lipinski definition) is 1. The summed E-state index contributed by atoms with van der Waals surface area (Å²) in [5.41, 5.74) is 11.7. The van der Waals surface area contributed by atoms with E-state index in [1.54, 1.807) is 0 Å². The predicted octanol–water partition coefficient (Wildman–Crippen LogP) is 13.3. The lowest BCUT2D eigenvalue weighted by molar-refractivity contribution is 0.174. The zero-order chi connectivity index (χ0) is 33.6. The van der Waals surface area contributed by atoms with Crippen LogP contribution in [0.5, 0.6) is 11.5 Å². The molecule has 0 radical (unpaired) electrons. The van der Waals surface area contributed by atoms with Crippen LogP contribution in [0.2, 0.25) is 0 Å². The minimum absolute atomic E-state index is 0. The van der Waals surface area contributed by atoms with Gasteiger partial charge in [0.2, 0.25) is 6.79 Å². The molecule has 0 unspecified atom stereocenters. The molecule has 0 amide bonds. The van der Waals surface area contributed by atoms with Gasteiger partial charge in [0, 0.05) is 13.1 Å². The summed E-state index contributed by atoms with van der Waals surface area (Å²) in [5.74, 6) is 1.69. The van der Waals surface area contributed by atoms with Gasteiger partial charge in [0.1, 0.15) is 0 Å². The maximum atomic E-state index is 5.47. The molecule has 1 N–H and O–H groups in total. The van der Waals surface area contributed by atoms with E-state index in [1.807, 2.05) is 6.07 Å². The molecule has 1 aromatic rings. The molecular weight excluding hydrogens is 598 g/mol. The highest BCUT2D eigenvalue weighted by Crippen LogP contribution is 2.32. The summed E-state index contributed by atoms with van der Waals surface area (Å²) in [7, 11) is 0. The SMILES string of the molecule is CC(C)=CCCC(C)=CCCC(C)=CCCC(C)=CCC/C(C)=C/CCC(C)=CCC/C(C)=C/CNCc1ccc2c(c1)OCO2.Cl. The fraction of sp³-hybridized carbons (Fsp3) is 0.535. The van der Waals surface area contributed by atoms with Crippen LogP contribution in [0.15, 0.2) is 99.7 Å². The van der Waals surface area contributed by atoms with E-state index in [4.69, 9.17) is 9.47 Å². The standard InChI is InChI=1S/C43H65NO2.ClH/c1-34(2)15-9-16-35(3)17-10-18-36(4)19-11-20-37(5)21-12-22-38(6)23-13-24-39(7)25-14-26-40(8)29-30-44-32-41-27-28-42-43(31-41)46-33-45-42;/h15,17,19,21,23,25,27-29,31,44H,9-14,16,18,20,22,24,26,30,32-33H2,1-8H3;1H/b35-17?,36-19?,37-21?,38-23+,39-25?,40-29+;. The Balaban J connectivity index is 0.0000110. The van der Waals surface area contributed by atoms with E-state index >= 15 is 0 Å². The molecule has 3 nitrogen and oxygen atoms in total. The van der Waals surface area contributed by atoms with E-state index in [-0.39, 0.29) is 12.4 Å². The second kappa shape index (κ2) is 25.3. The van der Waals surface area contributed by atoms with Crippen molar-refractivity contribution >= 4 is 12.4 Å². The number of ether oxygens (including phenoxy) is 2. The summed E-state index contributed by atoms with van der Waals surface area (Å²) in [4.78, 5) is 0. The van der Waals surface area contributed by atoms with Crippen LogP contribution < -0.4 is 14.8 Å². The van der Waals surface area contributed by atoms with Gasteiger partial charge in [-0.1, -0.05) is 87.6 Å². The summed E-state index contributed by atoms with van der Waals surface area (Å²) >= 11 is 0. The fourth-order valence-electron chi connectivity index (χ4n) is 5.45. The van der Waals surface area contributed by atoms with Crippen LogP contribution in [0.25, 0.3) is 0 Å². The Kier molecular flexibility index (Phi) is 22.7. The van der Waals surface area contributed by atoms with Gasteiger partial charge in [-0.05, 0) is 150 Å². The van der Waals surface area contributed by atoms with Crippen LogP contribution in [0.1, 0.15) is 138 Å². The van der Waals surface area contributed by atoms with E-state index < -0.39 is 0 Å². The van der Waals surface area contributed by atoms with Gasteiger partial charge in [0.15, 0.2) is 11.5 Å². The largest absolute Gasteiger partial charge is 0.454 e. The summed E-state index contributed by atoms with van der Waals surface area (Å²) < 4.78 is 10.9. The number of halogens is 1. The van der Waals surface area contributed by atoms with Gasteiger partial charge in [-0.3, -0.25) is 0 Å². The van der Waals surface area contributed by atoms with E-state index in [9.17, 15) is 0 Å². The first-order chi connectivity index (χ1) is 22.1. The van der Waals surface area contributed by atoms with Crippen LogP contribution in [-0.2, 0) is 6.54 Å². The van der Waals surface area contributed by atoms with Crippen LogP contribution in [-0.4, -0.2) is 13.3 Å². The average Bonchev–Trinajstić information content (AvgIpc) is 3.47. The fourth-order valence-corrected chi connectivity index (χ4v) is 5.45. The number of allylic oxidation sites excluding steroid dienone is 13. The molecule has 1 heterocycles. The molecule has 47 heavy (non-hydrogen) atoms. The van der Waals surface area contributed by atoms with Crippen LogP contribution in [0.3, 0.4) is 0 Å². The number of fused-ring (bicyclic) bond motifs is 1. The average molecular weight is 664 g/mol. The molecule has 0 spiro atoms. The molecule has 0 fully saturated rings. The van der Waals surface area contributed by atoms with E-state index in [0.29, 0.717) is 6.79 Å². The quantitative estimate of drug-likeness (QED) is 0.0989. The first-order valence-corrected chi connectivity index (χ1v) is 17.8. The van der Waals surface area contributed by atoms with Crippen LogP contribution in [0, 0.1) is 0 Å². The van der Waals surface area contributed by atoms with Crippen molar-refractivity contribution in [1.82, 2.24) is 5.32 Å². The van der Waals surface area contributed by atoms with Gasteiger partial charge in [-0.15, -0.1) is 12.4 Å². The zero-order valence-electron chi connectivity index (χ0n) is 31.1. The van der Waals surface area contributed by atoms with E-state index in [2.05, 4.69) is 115 Å². The predicted molar refractivity (Wildman–Crippen MR) is 209 cm³/mol. The van der Waals surface area contributed by atoms with Crippen molar-refractivity contribution < 1.29 is 9.47 Å². The lowest BCUT2D eigenvalue weighted by atomic mass is 10.0. The zero-order valence-corrected chi connectivity index (χ0v) is 31.9. The van der Waals surface area contributed by atoms with Crippen molar-refractivity contribution in [1.29, 1.82) is 0 Å². The number of hydrogen-bond acceptors (Lipinski definition) is 3. The number of nitrogens with one attached hydrogen (secondary N) is 1. The molecule has 2 rings (SSSR count). The lowest BCUT2D eigenvalue weighted by Gasteiger charge is -2.05. The van der Waals surface area contributed by atoms with Crippen LogP contribution in [0.4, 0.5) is 0 Å². The summed E-state index contributed by atoms with van der Waals surface area (Å²) in [6.45, 7) is 20.1. The second-order valence-corrected chi connectivity index (χ2v) is 13.6. The smallest absolute Gasteiger partial charge is 0.231 e. The lowest BCUT2D eigenvalue weighted by Crippen LogP contribution is -2.13. The Morgan fingerprint density at radius 2 is 0.915 bits per heavy atom. The number of rotatable bonds is 22. The molecule has 0 aromatic heterocycles.